The second kappa shape index (κ2) is 8.35. The topological polar surface area (TPSA) is 88.5 Å². The highest BCUT2D eigenvalue weighted by atomic mass is 32.2. The molecule has 30 heavy (non-hydrogen) atoms. The number of benzene rings is 1. The fourth-order valence-electron chi connectivity index (χ4n) is 4.47. The van der Waals surface area contributed by atoms with Gasteiger partial charge < -0.3 is 9.88 Å². The molecule has 0 spiro atoms. The van der Waals surface area contributed by atoms with Crippen LogP contribution in [-0.4, -0.2) is 36.3 Å². The van der Waals surface area contributed by atoms with Crippen molar-refractivity contribution in [1.29, 1.82) is 0 Å². The van der Waals surface area contributed by atoms with E-state index in [1.165, 1.54) is 0 Å². The number of pyridine rings is 1. The average Bonchev–Trinajstić information content (AvgIpc) is 2.73. The van der Waals surface area contributed by atoms with Crippen LogP contribution in [0.15, 0.2) is 52.2 Å². The standard InChI is InChI=1S/C22H27N3O4S/c1-2-3-6-21(26)23-18-8-10-19(11-9-18)30(28,29)24-13-16-12-17(15-24)20-5-4-7-22(27)25(20)14-16/h4-5,7-11,16-17H,2-3,6,12-15H2,1H3,(H,23,26). The van der Waals surface area contributed by atoms with Gasteiger partial charge in [0.15, 0.2) is 0 Å². The zero-order valence-electron chi connectivity index (χ0n) is 17.1. The van der Waals surface area contributed by atoms with Gasteiger partial charge in [-0.15, -0.1) is 0 Å². The van der Waals surface area contributed by atoms with Crippen LogP contribution >= 0.6 is 0 Å². The van der Waals surface area contributed by atoms with Gasteiger partial charge >= 0.3 is 0 Å². The van der Waals surface area contributed by atoms with Crippen LogP contribution in [0.1, 0.15) is 44.2 Å². The van der Waals surface area contributed by atoms with Crippen LogP contribution in [0.2, 0.25) is 0 Å². The monoisotopic (exact) mass is 429 g/mol. The molecule has 1 aromatic heterocycles. The van der Waals surface area contributed by atoms with Crippen LogP contribution in [0.3, 0.4) is 0 Å². The highest BCUT2D eigenvalue weighted by Gasteiger charge is 2.39. The lowest BCUT2D eigenvalue weighted by atomic mass is 9.84. The lowest BCUT2D eigenvalue weighted by molar-refractivity contribution is -0.116. The van der Waals surface area contributed by atoms with Gasteiger partial charge in [0.1, 0.15) is 0 Å². The van der Waals surface area contributed by atoms with Crippen molar-refractivity contribution < 1.29 is 13.2 Å². The average molecular weight is 430 g/mol. The van der Waals surface area contributed by atoms with E-state index in [1.54, 1.807) is 45.3 Å². The number of anilines is 1. The minimum atomic E-state index is -3.64. The number of carbonyl (C=O) groups is 1. The number of rotatable bonds is 6. The Kier molecular flexibility index (Phi) is 5.79. The zero-order chi connectivity index (χ0) is 21.3. The summed E-state index contributed by atoms with van der Waals surface area (Å²) in [6.07, 6.45) is 3.13. The van der Waals surface area contributed by atoms with E-state index in [0.717, 1.165) is 25.0 Å². The molecule has 1 fully saturated rings. The van der Waals surface area contributed by atoms with Crippen LogP contribution in [0.4, 0.5) is 5.69 Å². The van der Waals surface area contributed by atoms with Crippen molar-refractivity contribution in [1.82, 2.24) is 8.87 Å². The van der Waals surface area contributed by atoms with E-state index in [2.05, 4.69) is 5.32 Å². The first-order chi connectivity index (χ1) is 14.4. The van der Waals surface area contributed by atoms with Gasteiger partial charge in [-0.1, -0.05) is 19.4 Å². The first kappa shape index (κ1) is 20.8. The molecule has 1 amide bonds. The first-order valence-electron chi connectivity index (χ1n) is 10.5. The summed E-state index contributed by atoms with van der Waals surface area (Å²) in [6.45, 7) is 3.37. The molecule has 2 aromatic rings. The summed E-state index contributed by atoms with van der Waals surface area (Å²) in [4.78, 5) is 24.3. The Labute approximate surface area is 176 Å². The molecule has 1 N–H and O–H groups in total. The number of aromatic nitrogens is 1. The molecule has 2 aliphatic heterocycles. The van der Waals surface area contributed by atoms with Crippen LogP contribution in [0.5, 0.6) is 0 Å². The second-order valence-corrected chi connectivity index (χ2v) is 10.1. The molecule has 2 bridgehead atoms. The minimum Gasteiger partial charge on any atom is -0.326 e. The fraction of sp³-hybridized carbons (Fsp3) is 0.455. The molecule has 0 aliphatic carbocycles. The number of fused-ring (bicyclic) bond motifs is 4. The minimum absolute atomic E-state index is 0.0184. The smallest absolute Gasteiger partial charge is 0.250 e. The number of carbonyl (C=O) groups excluding carboxylic acids is 1. The maximum atomic E-state index is 13.2. The summed E-state index contributed by atoms with van der Waals surface area (Å²) in [7, 11) is -3.64. The lowest BCUT2D eigenvalue weighted by Gasteiger charge is -2.42. The summed E-state index contributed by atoms with van der Waals surface area (Å²) >= 11 is 0. The number of nitrogens with zero attached hydrogens (tertiary/aromatic N) is 2. The van der Waals surface area contributed by atoms with E-state index in [-0.39, 0.29) is 28.2 Å². The molecule has 8 heteroatoms. The van der Waals surface area contributed by atoms with Crippen LogP contribution in [0, 0.1) is 5.92 Å². The molecule has 0 radical (unpaired) electrons. The number of unbranched alkanes of at least 4 members (excludes halogenated alkanes) is 1. The van der Waals surface area contributed by atoms with Gasteiger partial charge in [-0.25, -0.2) is 8.42 Å². The van der Waals surface area contributed by atoms with Crippen LogP contribution in [0.25, 0.3) is 0 Å². The molecule has 3 heterocycles. The van der Waals surface area contributed by atoms with Gasteiger partial charge in [0, 0.05) is 49.4 Å². The van der Waals surface area contributed by atoms with E-state index in [4.69, 9.17) is 0 Å². The van der Waals surface area contributed by atoms with Crippen molar-refractivity contribution in [2.45, 2.75) is 50.0 Å². The molecule has 1 saturated heterocycles. The molecular weight excluding hydrogens is 402 g/mol. The Balaban J connectivity index is 1.51. The summed E-state index contributed by atoms with van der Waals surface area (Å²) in [5.41, 5.74) is 1.50. The van der Waals surface area contributed by atoms with Gasteiger partial charge in [0.2, 0.25) is 15.9 Å². The Morgan fingerprint density at radius 1 is 1.10 bits per heavy atom. The molecule has 0 saturated carbocycles. The number of amides is 1. The SMILES string of the molecule is CCCCC(=O)Nc1ccc(S(=O)(=O)N2CC3CC(C2)c2cccc(=O)n2C3)cc1. The third-order valence-electron chi connectivity index (χ3n) is 5.98. The van der Waals surface area contributed by atoms with Crippen molar-refractivity contribution in [2.75, 3.05) is 18.4 Å². The van der Waals surface area contributed by atoms with Gasteiger partial charge in [-0.3, -0.25) is 9.59 Å². The molecule has 2 aliphatic rings. The van der Waals surface area contributed by atoms with E-state index in [0.29, 0.717) is 31.7 Å². The Morgan fingerprint density at radius 3 is 2.60 bits per heavy atom. The number of sulfonamides is 1. The Morgan fingerprint density at radius 2 is 1.87 bits per heavy atom. The van der Waals surface area contributed by atoms with Gasteiger partial charge in [0.25, 0.3) is 5.56 Å². The lowest BCUT2D eigenvalue weighted by Crippen LogP contribution is -2.48. The van der Waals surface area contributed by atoms with E-state index >= 15 is 0 Å². The highest BCUT2D eigenvalue weighted by Crippen LogP contribution is 2.37. The molecule has 1 aromatic carbocycles. The van der Waals surface area contributed by atoms with E-state index < -0.39 is 10.0 Å². The van der Waals surface area contributed by atoms with E-state index in [9.17, 15) is 18.0 Å². The maximum Gasteiger partial charge on any atom is 0.250 e. The predicted octanol–water partition coefficient (Wildman–Crippen LogP) is 2.79. The van der Waals surface area contributed by atoms with Crippen LogP contribution in [-0.2, 0) is 21.4 Å². The molecular formula is C22H27N3O4S. The summed E-state index contributed by atoms with van der Waals surface area (Å²) in [5.74, 6) is 0.0896. The normalized spacial score (nSPS) is 21.1. The Bertz CT molecular complexity index is 1090. The van der Waals surface area contributed by atoms with E-state index in [1.807, 2.05) is 13.0 Å². The summed E-state index contributed by atoms with van der Waals surface area (Å²) in [5, 5.41) is 2.80. The van der Waals surface area contributed by atoms with Crippen molar-refractivity contribution in [3.63, 3.8) is 0 Å². The number of piperidine rings is 1. The van der Waals surface area contributed by atoms with Crippen molar-refractivity contribution >= 4 is 21.6 Å². The Hall–Kier alpha value is -2.45. The molecule has 2 atom stereocenters. The molecule has 160 valence electrons. The van der Waals surface area contributed by atoms with Crippen molar-refractivity contribution in [3.05, 3.63) is 58.5 Å². The van der Waals surface area contributed by atoms with Crippen LogP contribution < -0.4 is 10.9 Å². The number of hydrogen-bond acceptors (Lipinski definition) is 4. The third-order valence-corrected chi connectivity index (χ3v) is 7.83. The quantitative estimate of drug-likeness (QED) is 0.765. The first-order valence-corrected chi connectivity index (χ1v) is 11.9. The number of hydrogen-bond donors (Lipinski definition) is 1. The molecule has 2 unspecified atom stereocenters. The summed E-state index contributed by atoms with van der Waals surface area (Å²) < 4.78 is 29.8. The van der Waals surface area contributed by atoms with Crippen molar-refractivity contribution in [2.24, 2.45) is 5.92 Å². The number of nitrogens with one attached hydrogen (secondary N) is 1. The zero-order valence-corrected chi connectivity index (χ0v) is 17.9. The van der Waals surface area contributed by atoms with Crippen molar-refractivity contribution in [3.8, 4) is 0 Å². The summed E-state index contributed by atoms with van der Waals surface area (Å²) in [6, 6.07) is 11.6. The second-order valence-electron chi connectivity index (χ2n) is 8.20. The fourth-order valence-corrected chi connectivity index (χ4v) is 6.03. The van der Waals surface area contributed by atoms with Gasteiger partial charge in [0.05, 0.1) is 4.90 Å². The van der Waals surface area contributed by atoms with Gasteiger partial charge in [-0.2, -0.15) is 4.31 Å². The third kappa shape index (κ3) is 4.06. The molecule has 7 nitrogen and oxygen atoms in total. The highest BCUT2D eigenvalue weighted by molar-refractivity contribution is 7.89. The van der Waals surface area contributed by atoms with Gasteiger partial charge in [-0.05, 0) is 49.1 Å². The molecule has 4 rings (SSSR count). The predicted molar refractivity (Wildman–Crippen MR) is 115 cm³/mol. The largest absolute Gasteiger partial charge is 0.326 e. The maximum absolute atomic E-state index is 13.2.